The molecule has 1 atom stereocenters. The fraction of sp³-hybridized carbons (Fsp3) is 0.900. The summed E-state index contributed by atoms with van der Waals surface area (Å²) in [5.41, 5.74) is 0. The number of hydrogen-bond donors (Lipinski definition) is 1. The largest absolute Gasteiger partial charge is 0.480 e. The smallest absolute Gasteiger partial charge is 0.321 e. The number of hydrogen-bond acceptors (Lipinski definition) is 2. The molecule has 1 unspecified atom stereocenters. The van der Waals surface area contributed by atoms with Crippen LogP contribution in [-0.2, 0) is 4.79 Å². The molecule has 0 bridgehead atoms. The van der Waals surface area contributed by atoms with Crippen molar-refractivity contribution in [1.82, 2.24) is 4.90 Å². The van der Waals surface area contributed by atoms with E-state index in [1.807, 2.05) is 25.8 Å². The first-order valence-electron chi connectivity index (χ1n) is 4.95. The summed E-state index contributed by atoms with van der Waals surface area (Å²) in [6, 6.07) is -0.319. The number of nitrogens with zero attached hydrogens (tertiary/aromatic N) is 1. The van der Waals surface area contributed by atoms with Gasteiger partial charge in [0.2, 0.25) is 0 Å². The van der Waals surface area contributed by atoms with Gasteiger partial charge < -0.3 is 5.11 Å². The molecule has 0 saturated heterocycles. The van der Waals surface area contributed by atoms with Crippen LogP contribution in [0.1, 0.15) is 26.7 Å². The zero-order chi connectivity index (χ0) is 10.0. The average Bonchev–Trinajstić information content (AvgIpc) is 2.68. The Kier molecular flexibility index (Phi) is 3.31. The summed E-state index contributed by atoms with van der Waals surface area (Å²) < 4.78 is 0. The Morgan fingerprint density at radius 3 is 2.38 bits per heavy atom. The molecule has 0 aromatic carbocycles. The van der Waals surface area contributed by atoms with Crippen LogP contribution in [-0.4, -0.2) is 35.6 Å². The maximum Gasteiger partial charge on any atom is 0.321 e. The van der Waals surface area contributed by atoms with Gasteiger partial charge in [-0.15, -0.1) is 0 Å². The lowest BCUT2D eigenvalue weighted by Gasteiger charge is -2.27. The van der Waals surface area contributed by atoms with Gasteiger partial charge in [0, 0.05) is 6.54 Å². The highest BCUT2D eigenvalue weighted by Crippen LogP contribution is 2.30. The van der Waals surface area contributed by atoms with E-state index < -0.39 is 5.97 Å². The van der Waals surface area contributed by atoms with Crippen LogP contribution < -0.4 is 0 Å². The first kappa shape index (κ1) is 10.5. The molecule has 1 rings (SSSR count). The molecule has 1 aliphatic rings. The Morgan fingerprint density at radius 1 is 1.54 bits per heavy atom. The quantitative estimate of drug-likeness (QED) is 0.704. The van der Waals surface area contributed by atoms with Gasteiger partial charge in [-0.2, -0.15) is 0 Å². The molecule has 1 saturated carbocycles. The Hall–Kier alpha value is -0.570. The lowest BCUT2D eigenvalue weighted by Crippen LogP contribution is -2.43. The molecule has 0 radical (unpaired) electrons. The highest BCUT2D eigenvalue weighted by atomic mass is 16.4. The molecule has 1 N–H and O–H groups in total. The van der Waals surface area contributed by atoms with Gasteiger partial charge in [-0.1, -0.05) is 13.8 Å². The van der Waals surface area contributed by atoms with E-state index in [1.54, 1.807) is 0 Å². The first-order chi connectivity index (χ1) is 6.02. The standard InChI is InChI=1S/C10H19NO2/c1-7(2)9(10(12)13)11(3)6-8-4-5-8/h7-9H,4-6H2,1-3H3,(H,12,13). The Labute approximate surface area is 79.7 Å². The molecule has 0 aromatic rings. The molecule has 0 amide bonds. The molecule has 13 heavy (non-hydrogen) atoms. The third kappa shape index (κ3) is 2.99. The minimum Gasteiger partial charge on any atom is -0.480 e. The van der Waals surface area contributed by atoms with Crippen LogP contribution in [0, 0.1) is 11.8 Å². The molecule has 3 nitrogen and oxygen atoms in total. The van der Waals surface area contributed by atoms with Crippen molar-refractivity contribution in [2.45, 2.75) is 32.7 Å². The van der Waals surface area contributed by atoms with Gasteiger partial charge in [0.05, 0.1) is 0 Å². The van der Waals surface area contributed by atoms with Crippen molar-refractivity contribution in [3.05, 3.63) is 0 Å². The monoisotopic (exact) mass is 185 g/mol. The second kappa shape index (κ2) is 4.09. The van der Waals surface area contributed by atoms with Crippen LogP contribution in [0.15, 0.2) is 0 Å². The predicted octanol–water partition coefficient (Wildman–Crippen LogP) is 1.44. The van der Waals surface area contributed by atoms with Gasteiger partial charge in [-0.05, 0) is 31.7 Å². The fourth-order valence-corrected chi connectivity index (χ4v) is 1.80. The van der Waals surface area contributed by atoms with Crippen molar-refractivity contribution < 1.29 is 9.90 Å². The van der Waals surface area contributed by atoms with E-state index in [9.17, 15) is 4.79 Å². The number of carboxylic acids is 1. The van der Waals surface area contributed by atoms with Crippen molar-refractivity contribution in [1.29, 1.82) is 0 Å². The van der Waals surface area contributed by atoms with Crippen molar-refractivity contribution in [3.8, 4) is 0 Å². The fourth-order valence-electron chi connectivity index (χ4n) is 1.80. The van der Waals surface area contributed by atoms with E-state index in [2.05, 4.69) is 0 Å². The maximum absolute atomic E-state index is 10.9. The number of carbonyl (C=O) groups is 1. The molecule has 0 aliphatic heterocycles. The molecule has 3 heteroatoms. The molecule has 0 heterocycles. The normalized spacial score (nSPS) is 19.5. The van der Waals surface area contributed by atoms with Crippen LogP contribution in [0.3, 0.4) is 0 Å². The van der Waals surface area contributed by atoms with E-state index in [1.165, 1.54) is 12.8 Å². The second-order valence-corrected chi connectivity index (χ2v) is 4.41. The van der Waals surface area contributed by atoms with Crippen molar-refractivity contribution in [3.63, 3.8) is 0 Å². The Morgan fingerprint density at radius 2 is 2.08 bits per heavy atom. The average molecular weight is 185 g/mol. The van der Waals surface area contributed by atoms with Crippen LogP contribution in [0.5, 0.6) is 0 Å². The summed E-state index contributed by atoms with van der Waals surface area (Å²) in [6.07, 6.45) is 2.55. The maximum atomic E-state index is 10.9. The van der Waals surface area contributed by atoms with E-state index in [4.69, 9.17) is 5.11 Å². The minimum atomic E-state index is -0.696. The van der Waals surface area contributed by atoms with Gasteiger partial charge in [-0.25, -0.2) is 0 Å². The van der Waals surface area contributed by atoms with Crippen molar-refractivity contribution >= 4 is 5.97 Å². The van der Waals surface area contributed by atoms with Crippen molar-refractivity contribution in [2.24, 2.45) is 11.8 Å². The molecule has 76 valence electrons. The lowest BCUT2D eigenvalue weighted by molar-refractivity contribution is -0.144. The highest BCUT2D eigenvalue weighted by molar-refractivity contribution is 5.73. The van der Waals surface area contributed by atoms with Gasteiger partial charge in [0.1, 0.15) is 6.04 Å². The third-order valence-corrected chi connectivity index (χ3v) is 2.60. The molecule has 1 fully saturated rings. The number of aliphatic carboxylic acids is 1. The second-order valence-electron chi connectivity index (χ2n) is 4.41. The summed E-state index contributed by atoms with van der Waals surface area (Å²) in [5, 5.41) is 9.01. The Bertz CT molecular complexity index is 187. The molecular weight excluding hydrogens is 166 g/mol. The highest BCUT2D eigenvalue weighted by Gasteiger charge is 2.30. The Balaban J connectivity index is 2.46. The molecular formula is C10H19NO2. The van der Waals surface area contributed by atoms with Crippen LogP contribution in [0.2, 0.25) is 0 Å². The summed E-state index contributed by atoms with van der Waals surface area (Å²) in [4.78, 5) is 12.9. The van der Waals surface area contributed by atoms with Gasteiger partial charge in [-0.3, -0.25) is 9.69 Å². The zero-order valence-corrected chi connectivity index (χ0v) is 8.66. The van der Waals surface area contributed by atoms with Crippen LogP contribution >= 0.6 is 0 Å². The molecule has 0 spiro atoms. The van der Waals surface area contributed by atoms with E-state index in [-0.39, 0.29) is 12.0 Å². The third-order valence-electron chi connectivity index (χ3n) is 2.60. The van der Waals surface area contributed by atoms with Crippen molar-refractivity contribution in [2.75, 3.05) is 13.6 Å². The topological polar surface area (TPSA) is 40.5 Å². The number of rotatable bonds is 5. The first-order valence-corrected chi connectivity index (χ1v) is 4.95. The van der Waals surface area contributed by atoms with Gasteiger partial charge in [0.15, 0.2) is 0 Å². The lowest BCUT2D eigenvalue weighted by atomic mass is 10.0. The van der Waals surface area contributed by atoms with E-state index in [0.29, 0.717) is 0 Å². The minimum absolute atomic E-state index is 0.182. The predicted molar refractivity (Wildman–Crippen MR) is 51.6 cm³/mol. The zero-order valence-electron chi connectivity index (χ0n) is 8.66. The summed E-state index contributed by atoms with van der Waals surface area (Å²) in [5.74, 6) is 0.241. The van der Waals surface area contributed by atoms with E-state index >= 15 is 0 Å². The van der Waals surface area contributed by atoms with E-state index in [0.717, 1.165) is 12.5 Å². The van der Waals surface area contributed by atoms with Gasteiger partial charge in [0.25, 0.3) is 0 Å². The SMILES string of the molecule is CC(C)C(C(=O)O)N(C)CC1CC1. The van der Waals surface area contributed by atoms with Crippen LogP contribution in [0.25, 0.3) is 0 Å². The number of carboxylic acid groups (broad SMARTS) is 1. The summed E-state index contributed by atoms with van der Waals surface area (Å²) in [7, 11) is 1.91. The summed E-state index contributed by atoms with van der Waals surface area (Å²) in [6.45, 7) is 4.86. The molecule has 0 aromatic heterocycles. The molecule has 1 aliphatic carbocycles. The summed E-state index contributed by atoms with van der Waals surface area (Å²) >= 11 is 0. The van der Waals surface area contributed by atoms with Gasteiger partial charge >= 0.3 is 5.97 Å². The number of likely N-dealkylation sites (N-methyl/N-ethyl adjacent to an activating group) is 1. The van der Waals surface area contributed by atoms with Crippen LogP contribution in [0.4, 0.5) is 0 Å².